The fourth-order valence-electron chi connectivity index (χ4n) is 2.01. The van der Waals surface area contributed by atoms with Crippen LogP contribution in [0.4, 0.5) is 0 Å². The van der Waals surface area contributed by atoms with Crippen molar-refractivity contribution in [1.29, 1.82) is 0 Å². The molecular weight excluding hydrogens is 276 g/mol. The third kappa shape index (κ3) is 3.53. The summed E-state index contributed by atoms with van der Waals surface area (Å²) < 4.78 is 0. The van der Waals surface area contributed by atoms with Gasteiger partial charge in [-0.3, -0.25) is 14.4 Å². The summed E-state index contributed by atoms with van der Waals surface area (Å²) in [5, 5.41) is 17.8. The molecule has 1 aromatic carbocycles. The molecule has 21 heavy (non-hydrogen) atoms. The molecule has 7 nitrogen and oxygen atoms in total. The van der Waals surface area contributed by atoms with Crippen molar-refractivity contribution in [2.24, 2.45) is 0 Å². The van der Waals surface area contributed by atoms with E-state index in [2.05, 4.69) is 9.97 Å². The Morgan fingerprint density at radius 3 is 2.38 bits per heavy atom. The van der Waals surface area contributed by atoms with Gasteiger partial charge in [-0.25, -0.2) is 4.98 Å². The summed E-state index contributed by atoms with van der Waals surface area (Å²) in [6.07, 6.45) is 2.04. The highest BCUT2D eigenvalue weighted by atomic mass is 16.4. The Morgan fingerprint density at radius 2 is 1.76 bits per heavy atom. The summed E-state index contributed by atoms with van der Waals surface area (Å²) >= 11 is 0. The van der Waals surface area contributed by atoms with Gasteiger partial charge in [0, 0.05) is 6.20 Å². The Balaban J connectivity index is 2.51. The van der Waals surface area contributed by atoms with Crippen molar-refractivity contribution < 1.29 is 19.8 Å². The van der Waals surface area contributed by atoms with Gasteiger partial charge in [-0.05, 0) is 16.7 Å². The van der Waals surface area contributed by atoms with Crippen LogP contribution in [0, 0.1) is 0 Å². The zero-order valence-electron chi connectivity index (χ0n) is 10.9. The third-order valence-corrected chi connectivity index (χ3v) is 2.92. The number of H-pyrrole nitrogens is 1. The van der Waals surface area contributed by atoms with Crippen molar-refractivity contribution in [3.8, 4) is 11.1 Å². The molecule has 0 spiro atoms. The lowest BCUT2D eigenvalue weighted by Gasteiger charge is -2.08. The van der Waals surface area contributed by atoms with Crippen molar-refractivity contribution >= 4 is 11.9 Å². The first-order valence-corrected chi connectivity index (χ1v) is 6.06. The molecule has 0 atom stereocenters. The summed E-state index contributed by atoms with van der Waals surface area (Å²) in [6.45, 7) is 0. The number of benzene rings is 1. The van der Waals surface area contributed by atoms with Crippen LogP contribution in [0.15, 0.2) is 35.5 Å². The van der Waals surface area contributed by atoms with Gasteiger partial charge in [-0.15, -0.1) is 0 Å². The number of carbonyl (C=O) groups is 2. The first kappa shape index (κ1) is 14.4. The molecule has 0 aliphatic rings. The SMILES string of the molecule is O=C(O)Cc1ccc(-c2cnc[nH]c2=O)cc1CC(=O)O. The summed E-state index contributed by atoms with van der Waals surface area (Å²) in [7, 11) is 0. The number of carboxylic acids is 2. The number of hydrogen-bond acceptors (Lipinski definition) is 4. The second-order valence-electron chi connectivity index (χ2n) is 4.42. The second-order valence-corrected chi connectivity index (χ2v) is 4.42. The molecule has 0 aliphatic heterocycles. The first-order chi connectivity index (χ1) is 9.97. The van der Waals surface area contributed by atoms with E-state index in [1.807, 2.05) is 0 Å². The molecule has 2 rings (SSSR count). The van der Waals surface area contributed by atoms with E-state index in [4.69, 9.17) is 10.2 Å². The molecule has 0 saturated carbocycles. The fourth-order valence-corrected chi connectivity index (χ4v) is 2.01. The van der Waals surface area contributed by atoms with E-state index in [-0.39, 0.29) is 18.4 Å². The van der Waals surface area contributed by atoms with Crippen molar-refractivity contribution in [1.82, 2.24) is 9.97 Å². The van der Waals surface area contributed by atoms with Gasteiger partial charge < -0.3 is 15.2 Å². The monoisotopic (exact) mass is 288 g/mol. The summed E-state index contributed by atoms with van der Waals surface area (Å²) in [6, 6.07) is 4.61. The summed E-state index contributed by atoms with van der Waals surface area (Å²) in [4.78, 5) is 39.7. The number of hydrogen-bond donors (Lipinski definition) is 3. The van der Waals surface area contributed by atoms with Gasteiger partial charge in [0.1, 0.15) is 0 Å². The first-order valence-electron chi connectivity index (χ1n) is 6.06. The van der Waals surface area contributed by atoms with Crippen LogP contribution in [-0.4, -0.2) is 32.1 Å². The van der Waals surface area contributed by atoms with Crippen LogP contribution < -0.4 is 5.56 Å². The maximum atomic E-state index is 11.7. The maximum Gasteiger partial charge on any atom is 0.307 e. The standard InChI is InChI=1S/C14H12N2O5/c17-12(18)4-8-1-2-9(3-10(8)5-13(19)20)11-6-15-7-16-14(11)21/h1-3,6-7H,4-5H2,(H,17,18)(H,19,20)(H,15,16,21). The van der Waals surface area contributed by atoms with Gasteiger partial charge in [0.2, 0.25) is 0 Å². The zero-order chi connectivity index (χ0) is 15.4. The number of carboxylic acid groups (broad SMARTS) is 2. The van der Waals surface area contributed by atoms with Gasteiger partial charge >= 0.3 is 11.9 Å². The lowest BCUT2D eigenvalue weighted by Crippen LogP contribution is -2.11. The highest BCUT2D eigenvalue weighted by Gasteiger charge is 2.13. The topological polar surface area (TPSA) is 120 Å². The summed E-state index contributed by atoms with van der Waals surface area (Å²) in [5.74, 6) is -2.12. The molecule has 0 bridgehead atoms. The Bertz CT molecular complexity index is 751. The highest BCUT2D eigenvalue weighted by Crippen LogP contribution is 2.20. The van der Waals surface area contributed by atoms with E-state index >= 15 is 0 Å². The predicted octanol–water partition coefficient (Wildman–Crippen LogP) is 0.691. The molecule has 1 heterocycles. The van der Waals surface area contributed by atoms with Gasteiger partial charge in [-0.1, -0.05) is 18.2 Å². The van der Waals surface area contributed by atoms with Crippen LogP contribution >= 0.6 is 0 Å². The molecular formula is C14H12N2O5. The van der Waals surface area contributed by atoms with Crippen molar-refractivity contribution in [2.75, 3.05) is 0 Å². The quantitative estimate of drug-likeness (QED) is 0.744. The Morgan fingerprint density at radius 1 is 1.10 bits per heavy atom. The van der Waals surface area contributed by atoms with Gasteiger partial charge in [0.05, 0.1) is 24.7 Å². The number of aliphatic carboxylic acids is 2. The number of aromatic amines is 1. The van der Waals surface area contributed by atoms with Gasteiger partial charge in [-0.2, -0.15) is 0 Å². The number of rotatable bonds is 5. The molecule has 2 aromatic rings. The molecule has 1 aromatic heterocycles. The third-order valence-electron chi connectivity index (χ3n) is 2.92. The predicted molar refractivity (Wildman–Crippen MR) is 73.0 cm³/mol. The number of nitrogens with zero attached hydrogens (tertiary/aromatic N) is 1. The molecule has 0 saturated heterocycles. The normalized spacial score (nSPS) is 10.3. The largest absolute Gasteiger partial charge is 0.481 e. The zero-order valence-corrected chi connectivity index (χ0v) is 10.9. The van der Waals surface area contributed by atoms with Crippen LogP contribution in [0.5, 0.6) is 0 Å². The van der Waals surface area contributed by atoms with E-state index in [0.29, 0.717) is 22.3 Å². The molecule has 108 valence electrons. The average Bonchev–Trinajstić information content (AvgIpc) is 2.40. The van der Waals surface area contributed by atoms with Gasteiger partial charge in [0.15, 0.2) is 0 Å². The molecule has 0 radical (unpaired) electrons. The Hall–Kier alpha value is -2.96. The minimum absolute atomic E-state index is 0.272. The van der Waals surface area contributed by atoms with Crippen LogP contribution in [0.1, 0.15) is 11.1 Å². The minimum atomic E-state index is -1.07. The van der Waals surface area contributed by atoms with Crippen molar-refractivity contribution in [3.63, 3.8) is 0 Å². The number of nitrogens with one attached hydrogen (secondary N) is 1. The van der Waals surface area contributed by atoms with Gasteiger partial charge in [0.25, 0.3) is 5.56 Å². The molecule has 0 amide bonds. The molecule has 7 heteroatoms. The number of aromatic nitrogens is 2. The van der Waals surface area contributed by atoms with E-state index in [9.17, 15) is 14.4 Å². The van der Waals surface area contributed by atoms with Crippen LogP contribution in [-0.2, 0) is 22.4 Å². The fraction of sp³-hybridized carbons (Fsp3) is 0.143. The lowest BCUT2D eigenvalue weighted by atomic mass is 9.97. The summed E-state index contributed by atoms with van der Waals surface area (Å²) in [5.41, 5.74) is 1.22. The Kier molecular flexibility index (Phi) is 4.13. The van der Waals surface area contributed by atoms with Crippen molar-refractivity contribution in [3.05, 3.63) is 52.2 Å². The highest BCUT2D eigenvalue weighted by molar-refractivity contribution is 5.76. The van der Waals surface area contributed by atoms with E-state index < -0.39 is 11.9 Å². The lowest BCUT2D eigenvalue weighted by molar-refractivity contribution is -0.137. The van der Waals surface area contributed by atoms with E-state index in [0.717, 1.165) is 0 Å². The molecule has 0 fully saturated rings. The molecule has 0 unspecified atom stereocenters. The van der Waals surface area contributed by atoms with Crippen molar-refractivity contribution in [2.45, 2.75) is 12.8 Å². The Labute approximate surface area is 118 Å². The van der Waals surface area contributed by atoms with Crippen LogP contribution in [0.2, 0.25) is 0 Å². The van der Waals surface area contributed by atoms with Crippen LogP contribution in [0.3, 0.4) is 0 Å². The molecule has 3 N–H and O–H groups in total. The minimum Gasteiger partial charge on any atom is -0.481 e. The average molecular weight is 288 g/mol. The van der Waals surface area contributed by atoms with E-state index in [1.54, 1.807) is 6.07 Å². The smallest absolute Gasteiger partial charge is 0.307 e. The van der Waals surface area contributed by atoms with E-state index in [1.165, 1.54) is 24.7 Å². The maximum absolute atomic E-state index is 11.7. The molecule has 0 aliphatic carbocycles. The van der Waals surface area contributed by atoms with Crippen LogP contribution in [0.25, 0.3) is 11.1 Å². The second kappa shape index (κ2) is 6.00.